The average molecular weight is 385 g/mol. The molecule has 27 heavy (non-hydrogen) atoms. The highest BCUT2D eigenvalue weighted by atomic mass is 32.1. The molecule has 1 N–H and O–H groups in total. The zero-order valence-electron chi connectivity index (χ0n) is 15.3. The lowest BCUT2D eigenvalue weighted by atomic mass is 9.87. The van der Waals surface area contributed by atoms with Gasteiger partial charge in [-0.25, -0.2) is 0 Å². The molecule has 1 aromatic heterocycles. The van der Waals surface area contributed by atoms with Gasteiger partial charge in [-0.15, -0.1) is 11.3 Å². The molecule has 0 radical (unpaired) electrons. The number of fused-ring (bicyclic) bond motifs is 1. The minimum Gasteiger partial charge on any atom is -0.491 e. The van der Waals surface area contributed by atoms with E-state index in [9.17, 15) is 9.59 Å². The van der Waals surface area contributed by atoms with Gasteiger partial charge in [0.1, 0.15) is 12.4 Å². The van der Waals surface area contributed by atoms with E-state index < -0.39 is 0 Å². The normalized spacial score (nSPS) is 21.9. The maximum Gasteiger partial charge on any atom is 0.223 e. The van der Waals surface area contributed by atoms with Crippen LogP contribution in [0.15, 0.2) is 41.8 Å². The summed E-state index contributed by atoms with van der Waals surface area (Å²) in [6.45, 7) is 1.69. The first-order valence-corrected chi connectivity index (χ1v) is 10.3. The molecule has 0 aliphatic carbocycles. The van der Waals surface area contributed by atoms with Crippen LogP contribution in [0.25, 0.3) is 0 Å². The molecule has 0 spiro atoms. The highest BCUT2D eigenvalue weighted by Gasteiger charge is 2.38. The molecule has 1 unspecified atom stereocenters. The molecule has 1 saturated heterocycles. The van der Waals surface area contributed by atoms with Crippen LogP contribution >= 0.6 is 11.3 Å². The van der Waals surface area contributed by atoms with E-state index in [-0.39, 0.29) is 17.4 Å². The average Bonchev–Trinajstić information content (AvgIpc) is 3.24. The summed E-state index contributed by atoms with van der Waals surface area (Å²) in [5.41, 5.74) is 0.753. The van der Waals surface area contributed by atoms with E-state index in [1.807, 2.05) is 35.2 Å². The third-order valence-corrected chi connectivity index (χ3v) is 6.33. The largest absolute Gasteiger partial charge is 0.491 e. The van der Waals surface area contributed by atoms with E-state index in [1.165, 1.54) is 4.88 Å². The topological polar surface area (TPSA) is 58.6 Å². The number of nitrogens with one attached hydrogen (secondary N) is 1. The van der Waals surface area contributed by atoms with Crippen LogP contribution in [0, 0.1) is 0 Å². The van der Waals surface area contributed by atoms with Crippen molar-refractivity contribution in [2.75, 3.05) is 13.2 Å². The molecule has 3 heterocycles. The molecule has 0 saturated carbocycles. The van der Waals surface area contributed by atoms with E-state index in [4.69, 9.17) is 4.74 Å². The van der Waals surface area contributed by atoms with E-state index in [1.54, 1.807) is 11.3 Å². The van der Waals surface area contributed by atoms with Crippen molar-refractivity contribution in [3.8, 4) is 5.75 Å². The quantitative estimate of drug-likeness (QED) is 0.862. The molecular formula is C21H24N2O3S. The molecule has 0 bridgehead atoms. The van der Waals surface area contributed by atoms with E-state index in [2.05, 4.69) is 16.8 Å². The van der Waals surface area contributed by atoms with Crippen LogP contribution in [0.3, 0.4) is 0 Å². The van der Waals surface area contributed by atoms with Crippen LogP contribution < -0.4 is 10.1 Å². The van der Waals surface area contributed by atoms with Crippen molar-refractivity contribution in [3.63, 3.8) is 0 Å². The molecule has 2 aliphatic rings. The zero-order valence-corrected chi connectivity index (χ0v) is 16.1. The summed E-state index contributed by atoms with van der Waals surface area (Å²) in [4.78, 5) is 27.9. The van der Waals surface area contributed by atoms with Gasteiger partial charge < -0.3 is 15.0 Å². The van der Waals surface area contributed by atoms with Crippen molar-refractivity contribution in [3.05, 3.63) is 52.2 Å². The molecule has 1 aromatic carbocycles. The fourth-order valence-electron chi connectivity index (χ4n) is 3.97. The van der Waals surface area contributed by atoms with Gasteiger partial charge in [-0.3, -0.25) is 9.59 Å². The number of nitrogens with zero attached hydrogens (tertiary/aromatic N) is 1. The Morgan fingerprint density at radius 2 is 2.15 bits per heavy atom. The number of hydrogen-bond donors (Lipinski definition) is 1. The van der Waals surface area contributed by atoms with E-state index in [0.717, 1.165) is 24.2 Å². The van der Waals surface area contributed by atoms with E-state index >= 15 is 0 Å². The second-order valence-corrected chi connectivity index (χ2v) is 8.39. The van der Waals surface area contributed by atoms with Gasteiger partial charge in [-0.1, -0.05) is 24.3 Å². The van der Waals surface area contributed by atoms with Gasteiger partial charge in [0.25, 0.3) is 0 Å². The minimum absolute atomic E-state index is 0.0936. The third-order valence-electron chi connectivity index (χ3n) is 5.45. The summed E-state index contributed by atoms with van der Waals surface area (Å²) < 4.78 is 5.76. The van der Waals surface area contributed by atoms with Gasteiger partial charge in [-0.2, -0.15) is 0 Å². The first-order chi connectivity index (χ1) is 13.1. The molecule has 2 amide bonds. The number of thiophene rings is 1. The zero-order chi connectivity index (χ0) is 18.7. The predicted octanol–water partition coefficient (Wildman–Crippen LogP) is 3.14. The van der Waals surface area contributed by atoms with Crippen LogP contribution in [0.5, 0.6) is 5.75 Å². The van der Waals surface area contributed by atoms with Gasteiger partial charge >= 0.3 is 0 Å². The fraction of sp³-hybridized carbons (Fsp3) is 0.429. The summed E-state index contributed by atoms with van der Waals surface area (Å²) in [6, 6.07) is 12.0. The Kier molecular flexibility index (Phi) is 5.16. The van der Waals surface area contributed by atoms with Crippen molar-refractivity contribution in [2.24, 2.45) is 0 Å². The Labute approximate surface area is 163 Å². The number of para-hydroxylation sites is 1. The maximum absolute atomic E-state index is 12.9. The fourth-order valence-corrected chi connectivity index (χ4v) is 4.82. The highest BCUT2D eigenvalue weighted by molar-refractivity contribution is 7.09. The molecule has 2 aromatic rings. The van der Waals surface area contributed by atoms with Crippen LogP contribution in [0.4, 0.5) is 0 Å². The van der Waals surface area contributed by atoms with Crippen LogP contribution in [0.2, 0.25) is 0 Å². The highest BCUT2D eigenvalue weighted by Crippen LogP contribution is 2.31. The first-order valence-electron chi connectivity index (χ1n) is 9.45. The van der Waals surface area contributed by atoms with Gasteiger partial charge in [-0.05, 0) is 30.4 Å². The van der Waals surface area contributed by atoms with Crippen molar-refractivity contribution < 1.29 is 14.3 Å². The van der Waals surface area contributed by atoms with Crippen molar-refractivity contribution >= 4 is 23.2 Å². The number of carbonyl (C=O) groups excluding carboxylic acids is 2. The number of rotatable bonds is 5. The number of carbonyl (C=O) groups is 2. The predicted molar refractivity (Wildman–Crippen MR) is 105 cm³/mol. The Morgan fingerprint density at radius 1 is 1.26 bits per heavy atom. The summed E-state index contributed by atoms with van der Waals surface area (Å²) in [5.74, 6) is 1.09. The SMILES string of the molecule is O=C1CCC(CCC(=O)N2CCOc3ccccc3C2)(Cc2cccs2)N1. The standard InChI is InChI=1S/C21H24N2O3S/c24-19-7-9-21(22-19,14-17-5-3-13-27-17)10-8-20(25)23-11-12-26-18-6-2-1-4-16(18)15-23/h1-6,13H,7-12,14-15H2,(H,22,24). The number of benzene rings is 1. The second kappa shape index (κ2) is 7.72. The van der Waals surface area contributed by atoms with Crippen LogP contribution in [-0.4, -0.2) is 35.4 Å². The van der Waals surface area contributed by atoms with Gasteiger partial charge in [0, 0.05) is 41.8 Å². The molecule has 1 fully saturated rings. The van der Waals surface area contributed by atoms with Crippen molar-refractivity contribution in [1.82, 2.24) is 10.2 Å². The molecule has 4 rings (SSSR count). The molecule has 142 valence electrons. The Morgan fingerprint density at radius 3 is 2.93 bits per heavy atom. The molecule has 6 heteroatoms. The van der Waals surface area contributed by atoms with Gasteiger partial charge in [0.2, 0.25) is 11.8 Å². The first kappa shape index (κ1) is 18.0. The lowest BCUT2D eigenvalue weighted by molar-refractivity contribution is -0.132. The monoisotopic (exact) mass is 384 g/mol. The number of hydrogen-bond acceptors (Lipinski definition) is 4. The van der Waals surface area contributed by atoms with Crippen molar-refractivity contribution in [1.29, 1.82) is 0 Å². The Hall–Kier alpha value is -2.34. The second-order valence-electron chi connectivity index (χ2n) is 7.36. The third kappa shape index (κ3) is 4.16. The molecule has 1 atom stereocenters. The van der Waals surface area contributed by atoms with Gasteiger partial charge in [0.05, 0.1) is 6.54 Å². The maximum atomic E-state index is 12.9. The lowest BCUT2D eigenvalue weighted by Crippen LogP contribution is -2.44. The smallest absolute Gasteiger partial charge is 0.223 e. The molecule has 2 aliphatic heterocycles. The van der Waals surface area contributed by atoms with E-state index in [0.29, 0.717) is 39.0 Å². The number of ether oxygens (including phenoxy) is 1. The lowest BCUT2D eigenvalue weighted by Gasteiger charge is -2.30. The Bertz CT molecular complexity index is 821. The Balaban J connectivity index is 1.42. The summed E-state index contributed by atoms with van der Waals surface area (Å²) in [6.07, 6.45) is 3.26. The molecular weight excluding hydrogens is 360 g/mol. The minimum atomic E-state index is -0.294. The summed E-state index contributed by atoms with van der Waals surface area (Å²) in [5, 5.41) is 5.22. The van der Waals surface area contributed by atoms with Gasteiger partial charge in [0.15, 0.2) is 0 Å². The summed E-state index contributed by atoms with van der Waals surface area (Å²) in [7, 11) is 0. The number of amides is 2. The van der Waals surface area contributed by atoms with Crippen molar-refractivity contribution in [2.45, 2.75) is 44.2 Å². The van der Waals surface area contributed by atoms with Crippen LogP contribution in [0.1, 0.15) is 36.1 Å². The summed E-state index contributed by atoms with van der Waals surface area (Å²) >= 11 is 1.70. The van der Waals surface area contributed by atoms with Crippen LogP contribution in [-0.2, 0) is 22.6 Å². The molecule has 5 nitrogen and oxygen atoms in total.